The van der Waals surface area contributed by atoms with Crippen LogP contribution in [0.2, 0.25) is 0 Å². The molecule has 0 spiro atoms. The standard InChI is InChI=1S/C15H19N5O6S2/c1-5-20-7-6-9(27-4)12(13(20)21)28(23,24)19-15(22)18-14-16-10(25-2)8-11(17-14)26-3/h6-8H,5H2,1-4H3,(H2,16,17,18,19,22). The fourth-order valence-electron chi connectivity index (χ4n) is 2.16. The van der Waals surface area contributed by atoms with E-state index in [1.54, 1.807) is 17.9 Å². The maximum absolute atomic E-state index is 12.7. The SMILES string of the molecule is CCn1ccc(SC)c(S(=O)(=O)NC(=O)Nc2nc(OC)cc(OC)n2)c1=O. The number of carbonyl (C=O) groups is 1. The fraction of sp³-hybridized carbons (Fsp3) is 0.333. The highest BCUT2D eigenvalue weighted by molar-refractivity contribution is 7.99. The molecule has 0 fully saturated rings. The monoisotopic (exact) mass is 429 g/mol. The summed E-state index contributed by atoms with van der Waals surface area (Å²) in [5.74, 6) is -0.0415. The molecule has 2 amide bonds. The second-order valence-corrected chi connectivity index (χ2v) is 7.61. The zero-order valence-electron chi connectivity index (χ0n) is 15.5. The zero-order valence-corrected chi connectivity index (χ0v) is 17.2. The van der Waals surface area contributed by atoms with Gasteiger partial charge in [0.05, 0.1) is 20.3 Å². The predicted molar refractivity (Wildman–Crippen MR) is 103 cm³/mol. The Kier molecular flexibility index (Phi) is 6.85. The first-order valence-electron chi connectivity index (χ1n) is 7.84. The third-order valence-electron chi connectivity index (χ3n) is 3.46. The molecule has 2 rings (SSSR count). The minimum atomic E-state index is -4.45. The molecule has 13 heteroatoms. The van der Waals surface area contributed by atoms with E-state index in [1.807, 2.05) is 0 Å². The molecule has 11 nitrogen and oxygen atoms in total. The summed E-state index contributed by atoms with van der Waals surface area (Å²) in [6.07, 6.45) is 3.12. The molecule has 2 aromatic rings. The van der Waals surface area contributed by atoms with Crippen LogP contribution in [0, 0.1) is 0 Å². The largest absolute Gasteiger partial charge is 0.481 e. The molecule has 152 valence electrons. The van der Waals surface area contributed by atoms with Gasteiger partial charge >= 0.3 is 6.03 Å². The van der Waals surface area contributed by atoms with Crippen LogP contribution in [0.3, 0.4) is 0 Å². The second-order valence-electron chi connectivity index (χ2n) is 5.14. The Bertz CT molecular complexity index is 1020. The van der Waals surface area contributed by atoms with Gasteiger partial charge in [-0.15, -0.1) is 11.8 Å². The van der Waals surface area contributed by atoms with E-state index in [2.05, 4.69) is 15.3 Å². The molecule has 2 aromatic heterocycles. The van der Waals surface area contributed by atoms with Crippen LogP contribution in [-0.2, 0) is 16.6 Å². The first kappa shape index (κ1) is 21.5. The number of ether oxygens (including phenoxy) is 2. The average molecular weight is 429 g/mol. The van der Waals surface area contributed by atoms with Gasteiger partial charge in [0.1, 0.15) is 0 Å². The van der Waals surface area contributed by atoms with Crippen LogP contribution in [0.15, 0.2) is 32.9 Å². The van der Waals surface area contributed by atoms with Crippen molar-refractivity contribution in [2.75, 3.05) is 25.8 Å². The minimum absolute atomic E-state index is 0.101. The topological polar surface area (TPSA) is 142 Å². The van der Waals surface area contributed by atoms with Crippen LogP contribution in [0.5, 0.6) is 11.8 Å². The summed E-state index contributed by atoms with van der Waals surface area (Å²) in [6, 6.07) is 1.73. The quantitative estimate of drug-likeness (QED) is 0.614. The predicted octanol–water partition coefficient (Wildman–Crippen LogP) is 0.908. The van der Waals surface area contributed by atoms with Crippen LogP contribution in [0.25, 0.3) is 0 Å². The number of anilines is 1. The number of amides is 2. The minimum Gasteiger partial charge on any atom is -0.481 e. The number of aryl methyl sites for hydroxylation is 1. The van der Waals surface area contributed by atoms with E-state index in [-0.39, 0.29) is 29.1 Å². The number of carbonyl (C=O) groups excluding carboxylic acids is 1. The van der Waals surface area contributed by atoms with Gasteiger partial charge < -0.3 is 14.0 Å². The van der Waals surface area contributed by atoms with Crippen molar-refractivity contribution >= 4 is 33.8 Å². The molecular formula is C15H19N5O6S2. The van der Waals surface area contributed by atoms with Gasteiger partial charge in [-0.05, 0) is 19.2 Å². The van der Waals surface area contributed by atoms with Crippen molar-refractivity contribution in [2.45, 2.75) is 23.3 Å². The number of rotatable bonds is 7. The first-order chi connectivity index (χ1) is 13.2. The molecule has 0 aliphatic rings. The number of hydrogen-bond donors (Lipinski definition) is 2. The van der Waals surface area contributed by atoms with Crippen LogP contribution < -0.4 is 25.1 Å². The van der Waals surface area contributed by atoms with Crippen LogP contribution in [-0.4, -0.2) is 49.5 Å². The summed E-state index contributed by atoms with van der Waals surface area (Å²) in [6.45, 7) is 1.98. The van der Waals surface area contributed by atoms with Crippen LogP contribution in [0.1, 0.15) is 6.92 Å². The summed E-state index contributed by atoms with van der Waals surface area (Å²) in [7, 11) is -1.74. The Morgan fingerprint density at radius 2 is 1.86 bits per heavy atom. The molecule has 0 saturated heterocycles. The molecular weight excluding hydrogens is 410 g/mol. The number of hydrogen-bond acceptors (Lipinski definition) is 9. The third-order valence-corrected chi connectivity index (χ3v) is 5.76. The van der Waals surface area contributed by atoms with Crippen molar-refractivity contribution in [1.29, 1.82) is 0 Å². The number of aromatic nitrogens is 3. The Labute approximate surface area is 165 Å². The van der Waals surface area contributed by atoms with E-state index >= 15 is 0 Å². The van der Waals surface area contributed by atoms with Crippen molar-refractivity contribution in [3.63, 3.8) is 0 Å². The lowest BCUT2D eigenvalue weighted by molar-refractivity contribution is 0.256. The van der Waals surface area contributed by atoms with Gasteiger partial charge in [-0.25, -0.2) is 17.9 Å². The Hall–Kier alpha value is -2.80. The van der Waals surface area contributed by atoms with E-state index in [0.29, 0.717) is 0 Å². The molecule has 0 saturated carbocycles. The van der Waals surface area contributed by atoms with Gasteiger partial charge in [-0.1, -0.05) is 0 Å². The molecule has 0 atom stereocenters. The number of pyridine rings is 1. The Morgan fingerprint density at radius 3 is 2.36 bits per heavy atom. The molecule has 0 unspecified atom stereocenters. The molecule has 0 bridgehead atoms. The van der Waals surface area contributed by atoms with Crippen molar-refractivity contribution < 1.29 is 22.7 Å². The number of thioether (sulfide) groups is 1. The van der Waals surface area contributed by atoms with Gasteiger partial charge in [0.15, 0.2) is 4.90 Å². The molecule has 0 aliphatic carbocycles. The summed E-state index contributed by atoms with van der Waals surface area (Å²) in [5, 5.41) is 2.18. The van der Waals surface area contributed by atoms with E-state index in [1.165, 1.54) is 37.1 Å². The fourth-order valence-corrected chi connectivity index (χ4v) is 4.29. The van der Waals surface area contributed by atoms with E-state index in [9.17, 15) is 18.0 Å². The lowest BCUT2D eigenvalue weighted by atomic mass is 10.4. The lowest BCUT2D eigenvalue weighted by Crippen LogP contribution is -2.39. The lowest BCUT2D eigenvalue weighted by Gasteiger charge is -2.12. The summed E-state index contributed by atoms with van der Waals surface area (Å²) >= 11 is 1.07. The maximum Gasteiger partial charge on any atom is 0.335 e. The summed E-state index contributed by atoms with van der Waals surface area (Å²) < 4.78 is 38.2. The Balaban J connectivity index is 2.33. The summed E-state index contributed by atoms with van der Waals surface area (Å²) in [5.41, 5.74) is -0.728. The molecule has 0 radical (unpaired) electrons. The molecule has 0 aliphatic heterocycles. The van der Waals surface area contributed by atoms with Gasteiger partial charge in [-0.3, -0.25) is 10.1 Å². The van der Waals surface area contributed by atoms with Crippen molar-refractivity contribution in [3.8, 4) is 11.8 Å². The number of urea groups is 1. The number of nitrogens with one attached hydrogen (secondary N) is 2. The average Bonchev–Trinajstić information content (AvgIpc) is 2.66. The van der Waals surface area contributed by atoms with Gasteiger partial charge in [-0.2, -0.15) is 9.97 Å². The number of sulfonamides is 1. The van der Waals surface area contributed by atoms with E-state index in [4.69, 9.17) is 9.47 Å². The van der Waals surface area contributed by atoms with Crippen molar-refractivity contribution in [3.05, 3.63) is 28.7 Å². The summed E-state index contributed by atoms with van der Waals surface area (Å²) in [4.78, 5) is 32.1. The van der Waals surface area contributed by atoms with E-state index in [0.717, 1.165) is 11.8 Å². The highest BCUT2D eigenvalue weighted by atomic mass is 32.2. The molecule has 2 heterocycles. The highest BCUT2D eigenvalue weighted by Crippen LogP contribution is 2.21. The second kappa shape index (κ2) is 8.93. The smallest absolute Gasteiger partial charge is 0.335 e. The molecule has 28 heavy (non-hydrogen) atoms. The normalized spacial score (nSPS) is 11.0. The number of nitrogens with zero attached hydrogens (tertiary/aromatic N) is 3. The third kappa shape index (κ3) is 4.72. The molecule has 2 N–H and O–H groups in total. The highest BCUT2D eigenvalue weighted by Gasteiger charge is 2.26. The zero-order chi connectivity index (χ0) is 20.9. The van der Waals surface area contributed by atoms with Crippen molar-refractivity contribution in [1.82, 2.24) is 19.3 Å². The maximum atomic E-state index is 12.7. The first-order valence-corrected chi connectivity index (χ1v) is 10.5. The van der Waals surface area contributed by atoms with Crippen molar-refractivity contribution in [2.24, 2.45) is 0 Å². The van der Waals surface area contributed by atoms with Gasteiger partial charge in [0, 0.05) is 17.6 Å². The number of methoxy groups -OCH3 is 2. The Morgan fingerprint density at radius 1 is 1.25 bits per heavy atom. The van der Waals surface area contributed by atoms with Gasteiger partial charge in [0.25, 0.3) is 15.6 Å². The van der Waals surface area contributed by atoms with Crippen LogP contribution in [0.4, 0.5) is 10.7 Å². The van der Waals surface area contributed by atoms with E-state index < -0.39 is 26.5 Å². The van der Waals surface area contributed by atoms with Gasteiger partial charge in [0.2, 0.25) is 17.7 Å². The van der Waals surface area contributed by atoms with Crippen LogP contribution >= 0.6 is 11.8 Å². The molecule has 0 aromatic carbocycles.